The van der Waals surface area contributed by atoms with Crippen LogP contribution in [0.15, 0.2) is 0 Å². The molecule has 0 aromatic heterocycles. The molecule has 2 aliphatic rings. The van der Waals surface area contributed by atoms with Crippen LogP contribution in [0.1, 0.15) is 33.6 Å². The molecule has 0 aromatic carbocycles. The maximum Gasteiger partial charge on any atom is 0.330 e. The molecular formula is C10H15NO3. The van der Waals surface area contributed by atoms with Crippen molar-refractivity contribution in [2.45, 2.75) is 45.9 Å². The third kappa shape index (κ3) is 1.21. The largest absolute Gasteiger partial charge is 0.439 e. The van der Waals surface area contributed by atoms with Crippen molar-refractivity contribution < 1.29 is 14.3 Å². The van der Waals surface area contributed by atoms with Crippen LogP contribution >= 0.6 is 0 Å². The van der Waals surface area contributed by atoms with E-state index in [0.717, 1.165) is 0 Å². The molecule has 14 heavy (non-hydrogen) atoms. The monoisotopic (exact) mass is 197 g/mol. The van der Waals surface area contributed by atoms with Gasteiger partial charge in [-0.3, -0.25) is 9.69 Å². The quantitative estimate of drug-likeness (QED) is 0.542. The minimum Gasteiger partial charge on any atom is -0.439 e. The van der Waals surface area contributed by atoms with Crippen LogP contribution in [0.2, 0.25) is 0 Å². The van der Waals surface area contributed by atoms with Gasteiger partial charge in [-0.25, -0.2) is 4.79 Å². The first kappa shape index (κ1) is 9.49. The minimum absolute atomic E-state index is 0.0424. The minimum atomic E-state index is -0.380. The van der Waals surface area contributed by atoms with Crippen molar-refractivity contribution in [3.8, 4) is 0 Å². The lowest BCUT2D eigenvalue weighted by Crippen LogP contribution is -2.43. The summed E-state index contributed by atoms with van der Waals surface area (Å²) in [5.74, 6) is -0.198. The van der Waals surface area contributed by atoms with Gasteiger partial charge in [-0.1, -0.05) is 20.8 Å². The molecule has 0 radical (unpaired) electrons. The summed E-state index contributed by atoms with van der Waals surface area (Å²) in [5.41, 5.74) is -0.204. The van der Waals surface area contributed by atoms with Gasteiger partial charge in [0, 0.05) is 11.8 Å². The van der Waals surface area contributed by atoms with E-state index in [1.165, 1.54) is 0 Å². The smallest absolute Gasteiger partial charge is 0.330 e. The zero-order valence-corrected chi connectivity index (χ0v) is 8.74. The molecular weight excluding hydrogens is 182 g/mol. The molecule has 2 atom stereocenters. The van der Waals surface area contributed by atoms with Gasteiger partial charge in [-0.2, -0.15) is 0 Å². The van der Waals surface area contributed by atoms with Crippen molar-refractivity contribution in [2.24, 2.45) is 5.41 Å². The third-order valence-corrected chi connectivity index (χ3v) is 2.75. The Balaban J connectivity index is 2.29. The van der Waals surface area contributed by atoms with Crippen LogP contribution < -0.4 is 0 Å². The van der Waals surface area contributed by atoms with E-state index in [0.29, 0.717) is 12.8 Å². The molecule has 0 N–H and O–H groups in total. The predicted octanol–water partition coefficient (Wildman–Crippen LogP) is 0.906. The summed E-state index contributed by atoms with van der Waals surface area (Å²) in [6.07, 6.45) is 0.714. The Kier molecular flexibility index (Phi) is 1.84. The van der Waals surface area contributed by atoms with E-state index in [2.05, 4.69) is 0 Å². The SMILES string of the molecule is CC(C)(C)[C@H]1OC(=O)[C@@H]2CCC(=O)N21. The van der Waals surface area contributed by atoms with Crippen LogP contribution in [-0.2, 0) is 14.3 Å². The molecule has 78 valence electrons. The number of hydrogen-bond acceptors (Lipinski definition) is 3. The van der Waals surface area contributed by atoms with Crippen LogP contribution in [-0.4, -0.2) is 29.0 Å². The number of fused-ring (bicyclic) bond motifs is 1. The average Bonchev–Trinajstić information content (AvgIpc) is 2.54. The maximum absolute atomic E-state index is 11.6. The van der Waals surface area contributed by atoms with E-state index in [1.807, 2.05) is 20.8 Å². The molecule has 2 rings (SSSR count). The van der Waals surface area contributed by atoms with Gasteiger partial charge in [0.1, 0.15) is 6.04 Å². The summed E-state index contributed by atoms with van der Waals surface area (Å²) in [6.45, 7) is 5.91. The molecule has 0 unspecified atom stereocenters. The van der Waals surface area contributed by atoms with Gasteiger partial charge in [0.15, 0.2) is 6.23 Å². The number of amides is 1. The Labute approximate surface area is 83.2 Å². The second-order valence-corrected chi connectivity index (χ2v) is 5.01. The molecule has 0 aromatic rings. The van der Waals surface area contributed by atoms with Gasteiger partial charge in [-0.15, -0.1) is 0 Å². The lowest BCUT2D eigenvalue weighted by molar-refractivity contribution is -0.151. The molecule has 2 fully saturated rings. The number of hydrogen-bond donors (Lipinski definition) is 0. The second kappa shape index (κ2) is 2.72. The summed E-state index contributed by atoms with van der Waals surface area (Å²) < 4.78 is 5.23. The molecule has 0 spiro atoms. The Bertz CT molecular complexity index is 290. The van der Waals surface area contributed by atoms with Gasteiger partial charge < -0.3 is 4.74 Å². The number of carbonyl (C=O) groups excluding carboxylic acids is 2. The zero-order chi connectivity index (χ0) is 10.5. The van der Waals surface area contributed by atoms with E-state index in [4.69, 9.17) is 4.74 Å². The maximum atomic E-state index is 11.6. The Morgan fingerprint density at radius 3 is 2.57 bits per heavy atom. The van der Waals surface area contributed by atoms with Crippen LogP contribution in [0.5, 0.6) is 0 Å². The highest BCUT2D eigenvalue weighted by atomic mass is 16.6. The van der Waals surface area contributed by atoms with Crippen molar-refractivity contribution in [1.82, 2.24) is 4.90 Å². The van der Waals surface area contributed by atoms with E-state index in [1.54, 1.807) is 4.90 Å². The van der Waals surface area contributed by atoms with Crippen molar-refractivity contribution in [3.05, 3.63) is 0 Å². The van der Waals surface area contributed by atoms with Crippen LogP contribution in [0.25, 0.3) is 0 Å². The lowest BCUT2D eigenvalue weighted by Gasteiger charge is -2.31. The van der Waals surface area contributed by atoms with Crippen molar-refractivity contribution in [2.75, 3.05) is 0 Å². The lowest BCUT2D eigenvalue weighted by atomic mass is 9.93. The highest BCUT2D eigenvalue weighted by Gasteiger charge is 2.52. The fraction of sp³-hybridized carbons (Fsp3) is 0.800. The molecule has 0 saturated carbocycles. The summed E-state index contributed by atoms with van der Waals surface area (Å²) >= 11 is 0. The van der Waals surface area contributed by atoms with Crippen molar-refractivity contribution in [1.29, 1.82) is 0 Å². The van der Waals surface area contributed by atoms with Gasteiger partial charge in [0.2, 0.25) is 5.91 Å². The molecule has 1 amide bonds. The summed E-state index contributed by atoms with van der Waals surface area (Å²) in [4.78, 5) is 24.6. The molecule has 2 aliphatic heterocycles. The normalized spacial score (nSPS) is 32.1. The Morgan fingerprint density at radius 1 is 1.36 bits per heavy atom. The predicted molar refractivity (Wildman–Crippen MR) is 49.2 cm³/mol. The van der Waals surface area contributed by atoms with Crippen LogP contribution in [0, 0.1) is 5.41 Å². The molecule has 4 nitrogen and oxygen atoms in total. The van der Waals surface area contributed by atoms with Gasteiger partial charge in [-0.05, 0) is 6.42 Å². The number of ether oxygens (including phenoxy) is 1. The average molecular weight is 197 g/mol. The topological polar surface area (TPSA) is 46.6 Å². The second-order valence-electron chi connectivity index (χ2n) is 5.01. The molecule has 2 heterocycles. The molecule has 0 bridgehead atoms. The number of esters is 1. The van der Waals surface area contributed by atoms with Gasteiger partial charge in [0.25, 0.3) is 0 Å². The van der Waals surface area contributed by atoms with E-state index >= 15 is 0 Å². The molecule has 4 heteroatoms. The molecule has 2 saturated heterocycles. The van der Waals surface area contributed by atoms with Gasteiger partial charge in [0.05, 0.1) is 0 Å². The highest BCUT2D eigenvalue weighted by Crippen LogP contribution is 2.37. The number of nitrogens with zero attached hydrogens (tertiary/aromatic N) is 1. The standard InChI is InChI=1S/C10H15NO3/c1-10(2,3)9-11-6(8(13)14-9)4-5-7(11)12/h6,9H,4-5H2,1-3H3/t6-,9+/m0/s1. The molecule has 0 aliphatic carbocycles. The fourth-order valence-corrected chi connectivity index (χ4v) is 2.07. The van der Waals surface area contributed by atoms with Crippen molar-refractivity contribution in [3.63, 3.8) is 0 Å². The van der Waals surface area contributed by atoms with E-state index in [9.17, 15) is 9.59 Å². The van der Waals surface area contributed by atoms with E-state index in [-0.39, 0.29) is 29.6 Å². The number of rotatable bonds is 0. The van der Waals surface area contributed by atoms with E-state index < -0.39 is 0 Å². The Morgan fingerprint density at radius 2 is 2.00 bits per heavy atom. The Hall–Kier alpha value is -1.06. The summed E-state index contributed by atoms with van der Waals surface area (Å²) in [6, 6.07) is -0.313. The highest BCUT2D eigenvalue weighted by molar-refractivity contribution is 5.90. The van der Waals surface area contributed by atoms with Crippen molar-refractivity contribution >= 4 is 11.9 Å². The first-order valence-electron chi connectivity index (χ1n) is 4.93. The number of carbonyl (C=O) groups is 2. The zero-order valence-electron chi connectivity index (χ0n) is 8.74. The van der Waals surface area contributed by atoms with Crippen LogP contribution in [0.3, 0.4) is 0 Å². The first-order valence-corrected chi connectivity index (χ1v) is 4.93. The fourth-order valence-electron chi connectivity index (χ4n) is 2.07. The number of cyclic esters (lactones) is 1. The van der Waals surface area contributed by atoms with Crippen LogP contribution in [0.4, 0.5) is 0 Å². The third-order valence-electron chi connectivity index (χ3n) is 2.75. The summed E-state index contributed by atoms with van der Waals surface area (Å²) in [5, 5.41) is 0. The van der Waals surface area contributed by atoms with Gasteiger partial charge >= 0.3 is 5.97 Å². The summed E-state index contributed by atoms with van der Waals surface area (Å²) in [7, 11) is 0. The first-order chi connectivity index (χ1) is 6.41.